The molecule has 0 aliphatic carbocycles. The average Bonchev–Trinajstić information content (AvgIpc) is 2.65. The minimum atomic E-state index is -2.42. The van der Waals surface area contributed by atoms with Gasteiger partial charge in [-0.15, -0.1) is 0 Å². The number of halogens is 2. The van der Waals surface area contributed by atoms with E-state index in [1.807, 2.05) is 13.8 Å². The monoisotopic (exact) mass is 248 g/mol. The van der Waals surface area contributed by atoms with Gasteiger partial charge in [-0.2, -0.15) is 5.10 Å². The van der Waals surface area contributed by atoms with Crippen LogP contribution in [0.5, 0.6) is 0 Å². The number of aliphatic hydroxyl groups is 1. The molecule has 0 saturated heterocycles. The fourth-order valence-electron chi connectivity index (χ4n) is 1.59. The highest BCUT2D eigenvalue weighted by Crippen LogP contribution is 2.09. The second-order valence-electron chi connectivity index (χ2n) is 4.06. The minimum Gasteiger partial charge on any atom is -0.395 e. The Morgan fingerprint density at radius 1 is 1.47 bits per heavy atom. The summed E-state index contributed by atoms with van der Waals surface area (Å²) in [5.74, 6) is 0.633. The first kappa shape index (κ1) is 14.0. The van der Waals surface area contributed by atoms with Crippen LogP contribution in [0.3, 0.4) is 0 Å². The van der Waals surface area contributed by atoms with Gasteiger partial charge >= 0.3 is 0 Å². The Balaban J connectivity index is 2.67. The van der Waals surface area contributed by atoms with Crippen molar-refractivity contribution in [2.75, 3.05) is 19.7 Å². The molecule has 0 aliphatic rings. The molecule has 1 N–H and O–H groups in total. The predicted octanol–water partition coefficient (Wildman–Crippen LogP) is 0.918. The lowest BCUT2D eigenvalue weighted by Crippen LogP contribution is -2.32. The van der Waals surface area contributed by atoms with Crippen molar-refractivity contribution in [3.63, 3.8) is 0 Å². The third-order valence-corrected chi connectivity index (χ3v) is 2.31. The molecule has 5 nitrogen and oxygen atoms in total. The molecule has 0 aromatic carbocycles. The SMILES string of the molecule is CC(C)n1ncnc1CN(CCO)CC(F)F. The van der Waals surface area contributed by atoms with Crippen molar-refractivity contribution in [1.82, 2.24) is 19.7 Å². The van der Waals surface area contributed by atoms with Crippen LogP contribution in [0.15, 0.2) is 6.33 Å². The van der Waals surface area contributed by atoms with E-state index in [9.17, 15) is 8.78 Å². The van der Waals surface area contributed by atoms with E-state index < -0.39 is 6.43 Å². The van der Waals surface area contributed by atoms with Crippen LogP contribution in [0, 0.1) is 0 Å². The Bertz CT molecular complexity index is 330. The van der Waals surface area contributed by atoms with Gasteiger partial charge in [0.25, 0.3) is 6.43 Å². The molecule has 0 bridgehead atoms. The molecule has 0 atom stereocenters. The Kier molecular flexibility index (Phi) is 5.43. The van der Waals surface area contributed by atoms with Gasteiger partial charge in [0, 0.05) is 12.6 Å². The summed E-state index contributed by atoms with van der Waals surface area (Å²) < 4.78 is 26.4. The van der Waals surface area contributed by atoms with Crippen LogP contribution in [0.4, 0.5) is 8.78 Å². The Morgan fingerprint density at radius 2 is 2.18 bits per heavy atom. The molecule has 1 heterocycles. The van der Waals surface area contributed by atoms with Crippen LogP contribution >= 0.6 is 0 Å². The van der Waals surface area contributed by atoms with E-state index in [-0.39, 0.29) is 32.3 Å². The Labute approximate surface area is 99.1 Å². The molecule has 0 spiro atoms. The summed E-state index contributed by atoms with van der Waals surface area (Å²) in [7, 11) is 0. The van der Waals surface area contributed by atoms with Crippen molar-refractivity contribution >= 4 is 0 Å². The van der Waals surface area contributed by atoms with Crippen molar-refractivity contribution in [3.05, 3.63) is 12.2 Å². The summed E-state index contributed by atoms with van der Waals surface area (Å²) in [5, 5.41) is 12.9. The second kappa shape index (κ2) is 6.61. The van der Waals surface area contributed by atoms with Gasteiger partial charge in [0.1, 0.15) is 12.2 Å². The van der Waals surface area contributed by atoms with Crippen molar-refractivity contribution in [2.24, 2.45) is 0 Å². The van der Waals surface area contributed by atoms with E-state index in [1.165, 1.54) is 11.2 Å². The van der Waals surface area contributed by atoms with Gasteiger partial charge in [0.15, 0.2) is 0 Å². The smallest absolute Gasteiger partial charge is 0.251 e. The van der Waals surface area contributed by atoms with Crippen LogP contribution in [-0.2, 0) is 6.54 Å². The van der Waals surface area contributed by atoms with Gasteiger partial charge < -0.3 is 5.11 Å². The van der Waals surface area contributed by atoms with Gasteiger partial charge in [0.05, 0.1) is 19.7 Å². The highest BCUT2D eigenvalue weighted by atomic mass is 19.3. The zero-order valence-electron chi connectivity index (χ0n) is 10.1. The molecule has 0 amide bonds. The fraction of sp³-hybridized carbons (Fsp3) is 0.800. The normalized spacial score (nSPS) is 12.0. The first-order valence-electron chi connectivity index (χ1n) is 5.54. The lowest BCUT2D eigenvalue weighted by atomic mass is 10.4. The topological polar surface area (TPSA) is 54.2 Å². The molecule has 1 aromatic heterocycles. The maximum atomic E-state index is 12.3. The largest absolute Gasteiger partial charge is 0.395 e. The summed E-state index contributed by atoms with van der Waals surface area (Å²) in [4.78, 5) is 5.52. The molecule has 1 rings (SSSR count). The van der Waals surface area contributed by atoms with E-state index in [0.717, 1.165) is 0 Å². The minimum absolute atomic E-state index is 0.134. The summed E-state index contributed by atoms with van der Waals surface area (Å²) >= 11 is 0. The molecule has 98 valence electrons. The van der Waals surface area contributed by atoms with Crippen molar-refractivity contribution < 1.29 is 13.9 Å². The molecule has 0 fully saturated rings. The number of hydrogen-bond acceptors (Lipinski definition) is 4. The lowest BCUT2D eigenvalue weighted by Gasteiger charge is -2.21. The zero-order chi connectivity index (χ0) is 12.8. The van der Waals surface area contributed by atoms with Gasteiger partial charge in [-0.3, -0.25) is 4.90 Å². The maximum Gasteiger partial charge on any atom is 0.251 e. The maximum absolute atomic E-state index is 12.3. The summed E-state index contributed by atoms with van der Waals surface area (Å²) in [6.07, 6.45) is -1.01. The summed E-state index contributed by atoms with van der Waals surface area (Å²) in [5.41, 5.74) is 0. The van der Waals surface area contributed by atoms with Gasteiger partial charge in [-0.25, -0.2) is 18.4 Å². The summed E-state index contributed by atoms with van der Waals surface area (Å²) in [6, 6.07) is 0.134. The van der Waals surface area contributed by atoms with Crippen molar-refractivity contribution in [1.29, 1.82) is 0 Å². The van der Waals surface area contributed by atoms with Crippen LogP contribution in [0.1, 0.15) is 25.7 Å². The first-order valence-corrected chi connectivity index (χ1v) is 5.54. The van der Waals surface area contributed by atoms with Gasteiger partial charge in [-0.05, 0) is 13.8 Å². The van der Waals surface area contributed by atoms with E-state index >= 15 is 0 Å². The second-order valence-corrected chi connectivity index (χ2v) is 4.06. The number of rotatable bonds is 7. The van der Waals surface area contributed by atoms with E-state index in [1.54, 1.807) is 4.68 Å². The number of aliphatic hydroxyl groups excluding tert-OH is 1. The van der Waals surface area contributed by atoms with Crippen molar-refractivity contribution in [2.45, 2.75) is 32.9 Å². The molecule has 17 heavy (non-hydrogen) atoms. The number of hydrogen-bond donors (Lipinski definition) is 1. The van der Waals surface area contributed by atoms with Crippen molar-refractivity contribution in [3.8, 4) is 0 Å². The first-order chi connectivity index (χ1) is 8.04. The Hall–Kier alpha value is -1.08. The molecule has 0 radical (unpaired) electrons. The quantitative estimate of drug-likeness (QED) is 0.779. The van der Waals surface area contributed by atoms with Crippen LogP contribution in [0.2, 0.25) is 0 Å². The molecule has 0 unspecified atom stereocenters. The average molecular weight is 248 g/mol. The van der Waals surface area contributed by atoms with Crippen LogP contribution in [-0.4, -0.2) is 50.9 Å². The summed E-state index contributed by atoms with van der Waals surface area (Å²) in [6.45, 7) is 3.84. The molecule has 0 saturated carbocycles. The van der Waals surface area contributed by atoms with Gasteiger partial charge in [0.2, 0.25) is 0 Å². The third kappa shape index (κ3) is 4.35. The van der Waals surface area contributed by atoms with E-state index in [0.29, 0.717) is 5.82 Å². The predicted molar refractivity (Wildman–Crippen MR) is 58.8 cm³/mol. The highest BCUT2D eigenvalue weighted by molar-refractivity contribution is 4.86. The number of aromatic nitrogens is 3. The highest BCUT2D eigenvalue weighted by Gasteiger charge is 2.16. The van der Waals surface area contributed by atoms with Gasteiger partial charge in [-0.1, -0.05) is 0 Å². The third-order valence-electron chi connectivity index (χ3n) is 2.31. The van der Waals surface area contributed by atoms with E-state index in [4.69, 9.17) is 5.11 Å². The lowest BCUT2D eigenvalue weighted by molar-refractivity contribution is 0.0724. The molecular weight excluding hydrogens is 230 g/mol. The molecule has 1 aromatic rings. The van der Waals surface area contributed by atoms with E-state index in [2.05, 4.69) is 10.1 Å². The fourth-order valence-corrected chi connectivity index (χ4v) is 1.59. The molecule has 7 heteroatoms. The number of nitrogens with zero attached hydrogens (tertiary/aromatic N) is 4. The molecule has 0 aliphatic heterocycles. The zero-order valence-corrected chi connectivity index (χ0v) is 10.1. The number of alkyl halides is 2. The Morgan fingerprint density at radius 3 is 2.71 bits per heavy atom. The van der Waals surface area contributed by atoms with Crippen LogP contribution < -0.4 is 0 Å². The van der Waals surface area contributed by atoms with Crippen LogP contribution in [0.25, 0.3) is 0 Å². The molecular formula is C10H18F2N4O. The standard InChI is InChI=1S/C10H18F2N4O/c1-8(2)16-10(13-7-14-16)6-15(3-4-17)5-9(11)12/h7-9,17H,3-6H2,1-2H3.